The average molecular weight is 283 g/mol. The van der Waals surface area contributed by atoms with Gasteiger partial charge in [0.15, 0.2) is 0 Å². The van der Waals surface area contributed by atoms with Crippen LogP contribution < -0.4 is 10.6 Å². The van der Waals surface area contributed by atoms with E-state index < -0.39 is 0 Å². The van der Waals surface area contributed by atoms with Crippen molar-refractivity contribution >= 4 is 33.5 Å². The van der Waals surface area contributed by atoms with E-state index in [0.717, 1.165) is 24.2 Å². The van der Waals surface area contributed by atoms with E-state index in [1.54, 1.807) is 11.3 Å². The van der Waals surface area contributed by atoms with Crippen molar-refractivity contribution in [2.75, 3.05) is 17.2 Å². The fraction of sp³-hybridized carbons (Fsp3) is 0.188. The Labute approximate surface area is 122 Å². The Morgan fingerprint density at radius 1 is 1.20 bits per heavy atom. The number of nitrogen functional groups attached to an aromatic ring is 1. The van der Waals surface area contributed by atoms with Gasteiger partial charge in [-0.1, -0.05) is 6.07 Å². The van der Waals surface area contributed by atoms with E-state index in [0.29, 0.717) is 0 Å². The molecular weight excluding hydrogens is 266 g/mol. The number of thiophene rings is 1. The van der Waals surface area contributed by atoms with Gasteiger partial charge in [-0.3, -0.25) is 4.98 Å². The van der Waals surface area contributed by atoms with Crippen molar-refractivity contribution in [2.24, 2.45) is 0 Å². The lowest BCUT2D eigenvalue weighted by atomic mass is 10.1. The lowest BCUT2D eigenvalue weighted by molar-refractivity contribution is 0.847. The molecule has 4 heteroatoms. The molecule has 20 heavy (non-hydrogen) atoms. The van der Waals surface area contributed by atoms with Gasteiger partial charge in [0.25, 0.3) is 0 Å². The fourth-order valence-electron chi connectivity index (χ4n) is 2.43. The van der Waals surface area contributed by atoms with Crippen LogP contribution in [0, 0.1) is 0 Å². The summed E-state index contributed by atoms with van der Waals surface area (Å²) in [6.07, 6.45) is 3.66. The Kier molecular flexibility index (Phi) is 3.56. The molecule has 0 fully saturated rings. The number of anilines is 2. The third-order valence-corrected chi connectivity index (χ3v) is 4.34. The first-order chi connectivity index (χ1) is 9.79. The number of aromatic nitrogens is 1. The van der Waals surface area contributed by atoms with Crippen LogP contribution in [0.3, 0.4) is 0 Å². The first kappa shape index (κ1) is 12.9. The molecule has 3 rings (SSSR count). The maximum Gasteiger partial charge on any atom is 0.0522 e. The van der Waals surface area contributed by atoms with Crippen molar-refractivity contribution in [3.05, 3.63) is 53.0 Å². The number of nitrogens with zero attached hydrogens (tertiary/aromatic N) is 2. The second-order valence-electron chi connectivity index (χ2n) is 4.69. The van der Waals surface area contributed by atoms with Crippen LogP contribution in [0.1, 0.15) is 11.8 Å². The van der Waals surface area contributed by atoms with Gasteiger partial charge in [-0.2, -0.15) is 0 Å². The van der Waals surface area contributed by atoms with Crippen LogP contribution in [-0.4, -0.2) is 11.5 Å². The first-order valence-electron chi connectivity index (χ1n) is 6.69. The zero-order chi connectivity index (χ0) is 13.9. The molecule has 3 aromatic rings. The predicted octanol–water partition coefficient (Wildman–Crippen LogP) is 3.91. The Hall–Kier alpha value is -2.07. The summed E-state index contributed by atoms with van der Waals surface area (Å²) in [5.41, 5.74) is 8.04. The smallest absolute Gasteiger partial charge is 0.0522 e. The highest BCUT2D eigenvalue weighted by Gasteiger charge is 2.11. The maximum atomic E-state index is 6.05. The molecule has 0 spiro atoms. The minimum absolute atomic E-state index is 0.782. The van der Waals surface area contributed by atoms with Crippen molar-refractivity contribution in [2.45, 2.75) is 13.5 Å². The zero-order valence-corrected chi connectivity index (χ0v) is 12.2. The van der Waals surface area contributed by atoms with Gasteiger partial charge in [0, 0.05) is 46.0 Å². The van der Waals surface area contributed by atoms with Gasteiger partial charge in [-0.15, -0.1) is 11.3 Å². The molecule has 2 N–H and O–H groups in total. The van der Waals surface area contributed by atoms with Gasteiger partial charge in [-0.05, 0) is 36.6 Å². The molecule has 102 valence electrons. The number of rotatable bonds is 4. The number of hydrogen-bond donors (Lipinski definition) is 1. The minimum Gasteiger partial charge on any atom is -0.398 e. The van der Waals surface area contributed by atoms with Gasteiger partial charge in [0.1, 0.15) is 0 Å². The summed E-state index contributed by atoms with van der Waals surface area (Å²) < 4.78 is 0. The van der Waals surface area contributed by atoms with E-state index >= 15 is 0 Å². The largest absolute Gasteiger partial charge is 0.398 e. The summed E-state index contributed by atoms with van der Waals surface area (Å²) in [6, 6.07) is 10.4. The first-order valence-corrected chi connectivity index (χ1v) is 7.57. The van der Waals surface area contributed by atoms with Crippen LogP contribution in [0.5, 0.6) is 0 Å². The summed E-state index contributed by atoms with van der Waals surface area (Å²) >= 11 is 1.79. The van der Waals surface area contributed by atoms with Gasteiger partial charge in [0.2, 0.25) is 0 Å². The van der Waals surface area contributed by atoms with Crippen LogP contribution >= 0.6 is 11.3 Å². The summed E-state index contributed by atoms with van der Waals surface area (Å²) in [5.74, 6) is 0. The van der Waals surface area contributed by atoms with Crippen molar-refractivity contribution in [3.8, 4) is 0 Å². The molecule has 0 amide bonds. The summed E-state index contributed by atoms with van der Waals surface area (Å²) in [6.45, 7) is 4.06. The molecule has 2 heterocycles. The highest BCUT2D eigenvalue weighted by Crippen LogP contribution is 2.31. The molecule has 0 saturated carbocycles. The molecule has 0 atom stereocenters. The minimum atomic E-state index is 0.782. The van der Waals surface area contributed by atoms with E-state index in [2.05, 4.69) is 40.4 Å². The van der Waals surface area contributed by atoms with E-state index in [1.807, 2.05) is 24.5 Å². The molecule has 0 aliphatic rings. The molecule has 1 aromatic carbocycles. The van der Waals surface area contributed by atoms with Crippen LogP contribution in [0.25, 0.3) is 10.8 Å². The fourth-order valence-corrected chi connectivity index (χ4v) is 3.15. The number of hydrogen-bond acceptors (Lipinski definition) is 4. The van der Waals surface area contributed by atoms with Crippen LogP contribution in [0.15, 0.2) is 48.1 Å². The van der Waals surface area contributed by atoms with E-state index in [9.17, 15) is 0 Å². The van der Waals surface area contributed by atoms with Gasteiger partial charge in [-0.25, -0.2) is 0 Å². The van der Waals surface area contributed by atoms with Crippen molar-refractivity contribution < 1.29 is 0 Å². The third-order valence-electron chi connectivity index (χ3n) is 3.48. The summed E-state index contributed by atoms with van der Waals surface area (Å²) in [5, 5.41) is 4.31. The number of nitrogens with two attached hydrogens (primary N) is 1. The zero-order valence-electron chi connectivity index (χ0n) is 11.4. The molecule has 3 nitrogen and oxygen atoms in total. The van der Waals surface area contributed by atoms with E-state index in [1.165, 1.54) is 16.0 Å². The van der Waals surface area contributed by atoms with Crippen LogP contribution in [-0.2, 0) is 6.54 Å². The third kappa shape index (κ3) is 2.34. The van der Waals surface area contributed by atoms with Crippen molar-refractivity contribution in [1.82, 2.24) is 4.98 Å². The van der Waals surface area contributed by atoms with Gasteiger partial charge < -0.3 is 10.6 Å². The molecule has 0 aliphatic carbocycles. The Balaban J connectivity index is 2.05. The summed E-state index contributed by atoms with van der Waals surface area (Å²) in [4.78, 5) is 7.91. The predicted molar refractivity (Wildman–Crippen MR) is 87.2 cm³/mol. The number of benzene rings is 1. The molecule has 0 bridgehead atoms. The highest BCUT2D eigenvalue weighted by atomic mass is 32.1. The molecular formula is C16H17N3S. The lowest BCUT2D eigenvalue weighted by Gasteiger charge is -2.24. The monoisotopic (exact) mass is 283 g/mol. The normalized spacial score (nSPS) is 10.8. The topological polar surface area (TPSA) is 42.1 Å². The number of pyridine rings is 1. The SMILES string of the molecule is CCN(Cc1cccs1)c1ccc(N)c2cnccc12. The van der Waals surface area contributed by atoms with Crippen LogP contribution in [0.4, 0.5) is 11.4 Å². The molecule has 0 saturated heterocycles. The summed E-state index contributed by atoms with van der Waals surface area (Å²) in [7, 11) is 0. The molecule has 0 unspecified atom stereocenters. The van der Waals surface area contributed by atoms with Gasteiger partial charge in [0.05, 0.1) is 6.54 Å². The van der Waals surface area contributed by atoms with Crippen molar-refractivity contribution in [1.29, 1.82) is 0 Å². The highest BCUT2D eigenvalue weighted by molar-refractivity contribution is 7.09. The lowest BCUT2D eigenvalue weighted by Crippen LogP contribution is -2.21. The Morgan fingerprint density at radius 2 is 2.10 bits per heavy atom. The average Bonchev–Trinajstić information content (AvgIpc) is 2.99. The second-order valence-corrected chi connectivity index (χ2v) is 5.72. The van der Waals surface area contributed by atoms with Crippen molar-refractivity contribution in [3.63, 3.8) is 0 Å². The molecule has 0 radical (unpaired) electrons. The molecule has 2 aromatic heterocycles. The maximum absolute atomic E-state index is 6.05. The quantitative estimate of drug-likeness (QED) is 0.738. The van der Waals surface area contributed by atoms with Crippen LogP contribution in [0.2, 0.25) is 0 Å². The van der Waals surface area contributed by atoms with E-state index in [-0.39, 0.29) is 0 Å². The Bertz CT molecular complexity index is 707. The standard InChI is InChI=1S/C16H17N3S/c1-2-19(11-12-4-3-9-20-12)16-6-5-15(17)14-10-18-8-7-13(14)16/h3-10H,2,11,17H2,1H3. The number of fused-ring (bicyclic) bond motifs is 1. The molecule has 0 aliphatic heterocycles. The van der Waals surface area contributed by atoms with Gasteiger partial charge >= 0.3 is 0 Å². The second kappa shape index (κ2) is 5.51. The Morgan fingerprint density at radius 3 is 2.85 bits per heavy atom. The van der Waals surface area contributed by atoms with E-state index in [4.69, 9.17) is 5.73 Å².